The second-order valence-electron chi connectivity index (χ2n) is 4.29. The number of carbonyl (C=O) groups excluding carboxylic acids is 1. The molecular weight excluding hydrogens is 324 g/mol. The lowest BCUT2D eigenvalue weighted by atomic mass is 10.1. The molecule has 0 aliphatic heterocycles. The summed E-state index contributed by atoms with van der Waals surface area (Å²) < 4.78 is 1.10. The van der Waals surface area contributed by atoms with Gasteiger partial charge in [0, 0.05) is 27.3 Å². The highest BCUT2D eigenvalue weighted by Crippen LogP contribution is 2.23. The maximum Gasteiger partial charge on any atom is 0.249 e. The summed E-state index contributed by atoms with van der Waals surface area (Å²) in [5, 5.41) is 5.23. The number of nitrogens with two attached hydrogens (primary N) is 1. The molecule has 0 aliphatic rings. The summed E-state index contributed by atoms with van der Waals surface area (Å²) in [6.07, 6.45) is 0. The second-order valence-corrected chi connectivity index (χ2v) is 6.14. The highest BCUT2D eigenvalue weighted by Gasteiger charge is 2.09. The fourth-order valence-electron chi connectivity index (χ4n) is 1.79. The number of rotatable bonds is 5. The topological polar surface area (TPSA) is 55.1 Å². The molecule has 0 bridgehead atoms. The van der Waals surface area contributed by atoms with Crippen LogP contribution in [0.1, 0.15) is 33.8 Å². The van der Waals surface area contributed by atoms with Gasteiger partial charge in [0.1, 0.15) is 0 Å². The van der Waals surface area contributed by atoms with E-state index in [1.165, 1.54) is 5.56 Å². The van der Waals surface area contributed by atoms with Crippen LogP contribution in [0.25, 0.3) is 0 Å². The number of amides is 1. The van der Waals surface area contributed by atoms with E-state index in [0.29, 0.717) is 5.56 Å². The van der Waals surface area contributed by atoms with Crippen molar-refractivity contribution in [1.29, 1.82) is 0 Å². The lowest BCUT2D eigenvalue weighted by Crippen LogP contribution is -2.18. The maximum atomic E-state index is 11.0. The normalized spacial score (nSPS) is 12.3. The van der Waals surface area contributed by atoms with Gasteiger partial charge in [0.15, 0.2) is 0 Å². The summed E-state index contributed by atoms with van der Waals surface area (Å²) in [5.41, 5.74) is 7.03. The molecule has 3 nitrogen and oxygen atoms in total. The minimum Gasteiger partial charge on any atom is -0.366 e. The van der Waals surface area contributed by atoms with Gasteiger partial charge in [-0.2, -0.15) is 0 Å². The average molecular weight is 339 g/mol. The molecular formula is C14H15BrN2OS. The molecule has 1 heterocycles. The Morgan fingerprint density at radius 2 is 2.21 bits per heavy atom. The first-order chi connectivity index (χ1) is 9.08. The summed E-state index contributed by atoms with van der Waals surface area (Å²) in [7, 11) is 0. The predicted octanol–water partition coefficient (Wildman–Crippen LogP) is 3.46. The van der Waals surface area contributed by atoms with E-state index in [9.17, 15) is 4.79 Å². The number of thiophene rings is 1. The van der Waals surface area contributed by atoms with Crippen LogP contribution in [-0.4, -0.2) is 5.91 Å². The summed E-state index contributed by atoms with van der Waals surface area (Å²) in [6.45, 7) is 2.84. The first kappa shape index (κ1) is 14.2. The number of halogens is 1. The Balaban J connectivity index is 1.98. The van der Waals surface area contributed by atoms with Gasteiger partial charge in [-0.3, -0.25) is 4.79 Å². The van der Waals surface area contributed by atoms with Crippen LogP contribution >= 0.6 is 27.3 Å². The number of nitrogens with one attached hydrogen (secondary N) is 1. The number of carbonyl (C=O) groups is 1. The highest BCUT2D eigenvalue weighted by molar-refractivity contribution is 9.10. The van der Waals surface area contributed by atoms with Crippen LogP contribution in [0.4, 0.5) is 0 Å². The molecule has 1 amide bonds. The molecule has 2 rings (SSSR count). The van der Waals surface area contributed by atoms with Crippen LogP contribution < -0.4 is 11.1 Å². The maximum absolute atomic E-state index is 11.0. The van der Waals surface area contributed by atoms with Crippen LogP contribution in [-0.2, 0) is 6.54 Å². The quantitative estimate of drug-likeness (QED) is 0.877. The van der Waals surface area contributed by atoms with E-state index in [1.807, 2.05) is 24.3 Å². The Labute approximate surface area is 125 Å². The van der Waals surface area contributed by atoms with Gasteiger partial charge in [0.25, 0.3) is 0 Å². The minimum atomic E-state index is -0.374. The van der Waals surface area contributed by atoms with Crippen LogP contribution in [0, 0.1) is 0 Å². The Morgan fingerprint density at radius 1 is 1.47 bits per heavy atom. The Hall–Kier alpha value is -1.17. The Kier molecular flexibility index (Phi) is 4.74. The van der Waals surface area contributed by atoms with E-state index < -0.39 is 0 Å². The van der Waals surface area contributed by atoms with Gasteiger partial charge in [-0.25, -0.2) is 0 Å². The molecule has 1 aromatic heterocycles. The fourth-order valence-corrected chi connectivity index (χ4v) is 3.24. The van der Waals surface area contributed by atoms with Gasteiger partial charge in [0.2, 0.25) is 5.91 Å². The fraction of sp³-hybridized carbons (Fsp3) is 0.214. The molecule has 19 heavy (non-hydrogen) atoms. The van der Waals surface area contributed by atoms with E-state index in [1.54, 1.807) is 16.7 Å². The summed E-state index contributed by atoms with van der Waals surface area (Å²) in [4.78, 5) is 12.1. The second kappa shape index (κ2) is 6.32. The van der Waals surface area contributed by atoms with Gasteiger partial charge in [-0.15, -0.1) is 11.3 Å². The first-order valence-electron chi connectivity index (χ1n) is 5.93. The molecule has 0 saturated carbocycles. The third-order valence-corrected chi connectivity index (χ3v) is 4.55. The summed E-state index contributed by atoms with van der Waals surface area (Å²) in [5.74, 6) is -0.374. The van der Waals surface area contributed by atoms with E-state index >= 15 is 0 Å². The Morgan fingerprint density at radius 3 is 2.84 bits per heavy atom. The third kappa shape index (κ3) is 3.65. The SMILES string of the molecule is C[C@@H](NCc1cc(C(N)=O)cs1)c1ccccc1Br. The molecule has 1 aromatic carbocycles. The van der Waals surface area contributed by atoms with Crippen molar-refractivity contribution in [3.63, 3.8) is 0 Å². The van der Waals surface area contributed by atoms with Crippen molar-refractivity contribution in [3.05, 3.63) is 56.2 Å². The smallest absolute Gasteiger partial charge is 0.249 e. The average Bonchev–Trinajstić information content (AvgIpc) is 2.85. The zero-order valence-corrected chi connectivity index (χ0v) is 12.9. The first-order valence-corrected chi connectivity index (χ1v) is 7.60. The van der Waals surface area contributed by atoms with E-state index in [0.717, 1.165) is 15.9 Å². The van der Waals surface area contributed by atoms with Crippen molar-refractivity contribution in [2.45, 2.75) is 19.5 Å². The lowest BCUT2D eigenvalue weighted by molar-refractivity contribution is 0.100. The molecule has 0 saturated heterocycles. The summed E-state index contributed by atoms with van der Waals surface area (Å²) >= 11 is 5.09. The molecule has 100 valence electrons. The van der Waals surface area contributed by atoms with Gasteiger partial charge in [0.05, 0.1) is 5.56 Å². The van der Waals surface area contributed by atoms with Crippen LogP contribution in [0.2, 0.25) is 0 Å². The molecule has 5 heteroatoms. The summed E-state index contributed by atoms with van der Waals surface area (Å²) in [6, 6.07) is 10.2. The monoisotopic (exact) mass is 338 g/mol. The van der Waals surface area contributed by atoms with E-state index in [2.05, 4.69) is 34.2 Å². The lowest BCUT2D eigenvalue weighted by Gasteiger charge is -2.15. The number of hydrogen-bond donors (Lipinski definition) is 2. The van der Waals surface area contributed by atoms with Gasteiger partial charge >= 0.3 is 0 Å². The zero-order valence-electron chi connectivity index (χ0n) is 10.5. The van der Waals surface area contributed by atoms with E-state index in [4.69, 9.17) is 5.73 Å². The molecule has 2 aromatic rings. The molecule has 1 atom stereocenters. The van der Waals surface area contributed by atoms with Gasteiger partial charge in [-0.05, 0) is 24.6 Å². The number of benzene rings is 1. The molecule has 0 radical (unpaired) electrons. The van der Waals surface area contributed by atoms with Crippen molar-refractivity contribution in [1.82, 2.24) is 5.32 Å². The highest BCUT2D eigenvalue weighted by atomic mass is 79.9. The molecule has 0 aliphatic carbocycles. The van der Waals surface area contributed by atoms with E-state index in [-0.39, 0.29) is 11.9 Å². The predicted molar refractivity (Wildman–Crippen MR) is 82.2 cm³/mol. The van der Waals surface area contributed by atoms with Crippen LogP contribution in [0.3, 0.4) is 0 Å². The van der Waals surface area contributed by atoms with Crippen molar-refractivity contribution in [2.75, 3.05) is 0 Å². The van der Waals surface area contributed by atoms with Crippen molar-refractivity contribution in [2.24, 2.45) is 5.73 Å². The number of hydrogen-bond acceptors (Lipinski definition) is 3. The Bertz CT molecular complexity index is 582. The number of primary amides is 1. The third-order valence-electron chi connectivity index (χ3n) is 2.89. The van der Waals surface area contributed by atoms with Crippen LogP contribution in [0.5, 0.6) is 0 Å². The van der Waals surface area contributed by atoms with Gasteiger partial charge in [-0.1, -0.05) is 34.1 Å². The van der Waals surface area contributed by atoms with Crippen LogP contribution in [0.15, 0.2) is 40.2 Å². The largest absolute Gasteiger partial charge is 0.366 e. The van der Waals surface area contributed by atoms with Crippen molar-refractivity contribution in [3.8, 4) is 0 Å². The molecule has 0 unspecified atom stereocenters. The van der Waals surface area contributed by atoms with Gasteiger partial charge < -0.3 is 11.1 Å². The molecule has 0 spiro atoms. The van der Waals surface area contributed by atoms with Crippen molar-refractivity contribution >= 4 is 33.2 Å². The molecule has 3 N–H and O–H groups in total. The minimum absolute atomic E-state index is 0.231. The standard InChI is InChI=1S/C14H15BrN2OS/c1-9(12-4-2-3-5-13(12)15)17-7-11-6-10(8-19-11)14(16)18/h2-6,8-9,17H,7H2,1H3,(H2,16,18)/t9-/m1/s1. The zero-order chi connectivity index (χ0) is 13.8. The molecule has 0 fully saturated rings. The van der Waals surface area contributed by atoms with Crippen molar-refractivity contribution < 1.29 is 4.79 Å².